The van der Waals surface area contributed by atoms with Gasteiger partial charge in [0, 0.05) is 24.3 Å². The topological polar surface area (TPSA) is 106 Å². The third-order valence-corrected chi connectivity index (χ3v) is 4.75. The first-order valence-electron chi connectivity index (χ1n) is 7.29. The van der Waals surface area contributed by atoms with Crippen molar-refractivity contribution in [3.05, 3.63) is 64.2 Å². The highest BCUT2D eigenvalue weighted by molar-refractivity contribution is 7.95. The number of alkyl halides is 3. The first-order valence-corrected chi connectivity index (χ1v) is 9.18. The van der Waals surface area contributed by atoms with E-state index in [0.29, 0.717) is 12.3 Å². The largest absolute Gasteiger partial charge is 0.416 e. The number of hydrogen-bond acceptors (Lipinski definition) is 7. The van der Waals surface area contributed by atoms with E-state index in [4.69, 9.17) is 0 Å². The Morgan fingerprint density at radius 3 is 2.15 bits per heavy atom. The predicted octanol–water partition coefficient (Wildman–Crippen LogP) is 2.24. The van der Waals surface area contributed by atoms with Crippen molar-refractivity contribution in [1.82, 2.24) is 9.97 Å². The number of rotatable bonds is 3. The second kappa shape index (κ2) is 6.27. The molecule has 1 aromatic heterocycles. The predicted molar refractivity (Wildman–Crippen MR) is 87.6 cm³/mol. The molecule has 1 aliphatic carbocycles. The van der Waals surface area contributed by atoms with Gasteiger partial charge < -0.3 is 5.32 Å². The van der Waals surface area contributed by atoms with E-state index in [9.17, 15) is 31.2 Å². The molecule has 1 aromatic carbocycles. The molecule has 0 fully saturated rings. The third kappa shape index (κ3) is 3.45. The van der Waals surface area contributed by atoms with E-state index in [1.807, 2.05) is 0 Å². The number of aromatic nitrogens is 2. The van der Waals surface area contributed by atoms with Gasteiger partial charge in [-0.3, -0.25) is 9.59 Å². The maximum Gasteiger partial charge on any atom is 0.416 e. The molecule has 0 aliphatic heterocycles. The standard InChI is InChI=1S/C16H10F3N3O4S/c1-27(25,26)15-12(13(23)10-11(14(15)24)21-6-5-20-10)22-9-4-2-3-8(7-9)16(17,18)19/h2-7,22H,1H3. The summed E-state index contributed by atoms with van der Waals surface area (Å²) in [4.78, 5) is 31.7. The molecular formula is C16H10F3N3O4S. The van der Waals surface area contributed by atoms with Crippen LogP contribution in [-0.4, -0.2) is 36.2 Å². The van der Waals surface area contributed by atoms with E-state index in [1.54, 1.807) is 0 Å². The van der Waals surface area contributed by atoms with Gasteiger partial charge in [0.2, 0.25) is 11.6 Å². The minimum absolute atomic E-state index is 0.213. The summed E-state index contributed by atoms with van der Waals surface area (Å²) in [5.41, 5.74) is -2.71. The summed E-state index contributed by atoms with van der Waals surface area (Å²) in [6.45, 7) is 0. The first kappa shape index (κ1) is 18.7. The van der Waals surface area contributed by atoms with Gasteiger partial charge in [-0.2, -0.15) is 13.2 Å². The molecular weight excluding hydrogens is 387 g/mol. The van der Waals surface area contributed by atoms with Gasteiger partial charge in [-0.15, -0.1) is 0 Å². The van der Waals surface area contributed by atoms with Crippen LogP contribution in [0.15, 0.2) is 47.3 Å². The van der Waals surface area contributed by atoms with E-state index in [-0.39, 0.29) is 11.4 Å². The van der Waals surface area contributed by atoms with Gasteiger partial charge in [0.1, 0.15) is 22.0 Å². The summed E-state index contributed by atoms with van der Waals surface area (Å²) in [5, 5.41) is 2.33. The molecule has 0 amide bonds. The van der Waals surface area contributed by atoms with Crippen molar-refractivity contribution in [2.75, 3.05) is 11.6 Å². The molecule has 2 aromatic rings. The zero-order chi connectivity index (χ0) is 20.0. The number of ketones is 2. The number of hydrogen-bond donors (Lipinski definition) is 1. The quantitative estimate of drug-likeness (QED) is 0.847. The Morgan fingerprint density at radius 1 is 1.00 bits per heavy atom. The molecule has 0 atom stereocenters. The average molecular weight is 397 g/mol. The molecule has 11 heteroatoms. The van der Waals surface area contributed by atoms with Gasteiger partial charge in [-0.25, -0.2) is 18.4 Å². The molecule has 0 saturated carbocycles. The molecule has 0 spiro atoms. The van der Waals surface area contributed by atoms with Gasteiger partial charge in [0.05, 0.1) is 5.56 Å². The SMILES string of the molecule is CS(=O)(=O)C1=C(Nc2cccc(C(F)(F)F)c2)C(=O)c2nccnc2C1=O. The number of sulfone groups is 1. The number of carbonyl (C=O) groups excluding carboxylic acids is 2. The van der Waals surface area contributed by atoms with Crippen LogP contribution in [0.25, 0.3) is 0 Å². The lowest BCUT2D eigenvalue weighted by atomic mass is 10.0. The van der Waals surface area contributed by atoms with Crippen LogP contribution in [0.4, 0.5) is 18.9 Å². The fourth-order valence-corrected chi connectivity index (χ4v) is 3.45. The number of anilines is 1. The number of allylic oxidation sites excluding steroid dienone is 2. The Hall–Kier alpha value is -3.08. The average Bonchev–Trinajstić information content (AvgIpc) is 2.58. The first-order chi connectivity index (χ1) is 12.5. The molecule has 27 heavy (non-hydrogen) atoms. The van der Waals surface area contributed by atoms with Crippen LogP contribution in [-0.2, 0) is 16.0 Å². The number of halogens is 3. The fraction of sp³-hybridized carbons (Fsp3) is 0.125. The summed E-state index contributed by atoms with van der Waals surface area (Å²) in [6.07, 6.45) is -1.68. The maximum absolute atomic E-state index is 12.9. The minimum Gasteiger partial charge on any atom is -0.351 e. The second-order valence-corrected chi connectivity index (χ2v) is 7.54. The van der Waals surface area contributed by atoms with Crippen molar-refractivity contribution in [1.29, 1.82) is 0 Å². The normalized spacial score (nSPS) is 15.0. The number of fused-ring (bicyclic) bond motifs is 1. The molecule has 0 radical (unpaired) electrons. The Kier molecular flexibility index (Phi) is 4.34. The van der Waals surface area contributed by atoms with Crippen LogP contribution in [0.1, 0.15) is 26.5 Å². The van der Waals surface area contributed by atoms with Crippen LogP contribution in [0.5, 0.6) is 0 Å². The molecule has 1 N–H and O–H groups in total. The highest BCUT2D eigenvalue weighted by atomic mass is 32.2. The Bertz CT molecular complexity index is 1110. The molecule has 1 heterocycles. The Labute approximate surface area is 150 Å². The van der Waals surface area contributed by atoms with Crippen LogP contribution >= 0.6 is 0 Å². The van der Waals surface area contributed by atoms with Crippen LogP contribution in [0, 0.1) is 0 Å². The molecule has 0 saturated heterocycles. The summed E-state index contributed by atoms with van der Waals surface area (Å²) >= 11 is 0. The zero-order valence-electron chi connectivity index (χ0n) is 13.5. The van der Waals surface area contributed by atoms with Crippen LogP contribution in [0.3, 0.4) is 0 Å². The molecule has 1 aliphatic rings. The summed E-state index contributed by atoms with van der Waals surface area (Å²) in [5.74, 6) is -2.02. The van der Waals surface area contributed by atoms with Gasteiger partial charge in [0.15, 0.2) is 9.84 Å². The van der Waals surface area contributed by atoms with Gasteiger partial charge in [0.25, 0.3) is 0 Å². The monoisotopic (exact) mass is 397 g/mol. The maximum atomic E-state index is 12.9. The lowest BCUT2D eigenvalue weighted by Crippen LogP contribution is -2.31. The molecule has 140 valence electrons. The van der Waals surface area contributed by atoms with E-state index in [0.717, 1.165) is 24.5 Å². The van der Waals surface area contributed by atoms with Crippen molar-refractivity contribution in [3.8, 4) is 0 Å². The summed E-state index contributed by atoms with van der Waals surface area (Å²) < 4.78 is 62.8. The lowest BCUT2D eigenvalue weighted by molar-refractivity contribution is -0.137. The van der Waals surface area contributed by atoms with E-state index in [2.05, 4.69) is 15.3 Å². The number of carbonyl (C=O) groups is 2. The van der Waals surface area contributed by atoms with Crippen molar-refractivity contribution in [2.45, 2.75) is 6.18 Å². The van der Waals surface area contributed by atoms with Crippen LogP contribution in [0.2, 0.25) is 0 Å². The third-order valence-electron chi connectivity index (χ3n) is 3.62. The van der Waals surface area contributed by atoms with Crippen molar-refractivity contribution in [2.24, 2.45) is 0 Å². The molecule has 0 bridgehead atoms. The number of nitrogens with zero attached hydrogens (tertiary/aromatic N) is 2. The second-order valence-electron chi connectivity index (χ2n) is 5.59. The molecule has 0 unspecified atom stereocenters. The molecule has 3 rings (SSSR count). The fourth-order valence-electron chi connectivity index (χ4n) is 2.50. The Balaban J connectivity index is 2.17. The van der Waals surface area contributed by atoms with Crippen molar-refractivity contribution < 1.29 is 31.2 Å². The van der Waals surface area contributed by atoms with Gasteiger partial charge >= 0.3 is 6.18 Å². The lowest BCUT2D eigenvalue weighted by Gasteiger charge is -2.20. The highest BCUT2D eigenvalue weighted by Gasteiger charge is 2.39. The Morgan fingerprint density at radius 2 is 1.59 bits per heavy atom. The van der Waals surface area contributed by atoms with E-state index < -0.39 is 49.4 Å². The van der Waals surface area contributed by atoms with Crippen molar-refractivity contribution in [3.63, 3.8) is 0 Å². The number of benzene rings is 1. The number of Topliss-reactive ketones (excluding diaryl/α,β-unsaturated/α-hetero) is 2. The minimum atomic E-state index is -4.64. The smallest absolute Gasteiger partial charge is 0.351 e. The highest BCUT2D eigenvalue weighted by Crippen LogP contribution is 2.32. The summed E-state index contributed by atoms with van der Waals surface area (Å²) in [7, 11) is -4.20. The number of nitrogens with one attached hydrogen (secondary N) is 1. The molecule has 7 nitrogen and oxygen atoms in total. The van der Waals surface area contributed by atoms with E-state index in [1.165, 1.54) is 6.07 Å². The van der Waals surface area contributed by atoms with Gasteiger partial charge in [-0.05, 0) is 18.2 Å². The van der Waals surface area contributed by atoms with E-state index >= 15 is 0 Å². The zero-order valence-corrected chi connectivity index (χ0v) is 14.4. The van der Waals surface area contributed by atoms with Crippen LogP contribution < -0.4 is 5.32 Å². The summed E-state index contributed by atoms with van der Waals surface area (Å²) in [6, 6.07) is 3.78. The van der Waals surface area contributed by atoms with Gasteiger partial charge in [-0.1, -0.05) is 6.07 Å². The van der Waals surface area contributed by atoms with Crippen molar-refractivity contribution >= 4 is 27.1 Å².